The zero-order valence-electron chi connectivity index (χ0n) is 21.5. The minimum atomic E-state index is -1.47. The van der Waals surface area contributed by atoms with Crippen molar-refractivity contribution in [2.45, 2.75) is 82.7 Å². The van der Waals surface area contributed by atoms with Gasteiger partial charge in [-0.25, -0.2) is 9.50 Å². The van der Waals surface area contributed by atoms with Crippen molar-refractivity contribution >= 4 is 30.0 Å². The number of carbonyl (C=O) groups is 2. The van der Waals surface area contributed by atoms with Gasteiger partial charge in [0.05, 0.1) is 12.2 Å². The molecule has 4 rings (SSSR count). The van der Waals surface area contributed by atoms with Crippen molar-refractivity contribution < 1.29 is 28.9 Å². The lowest BCUT2D eigenvalue weighted by Gasteiger charge is -2.30. The first-order valence-electron chi connectivity index (χ1n) is 13.0. The molecule has 0 bridgehead atoms. The number of aliphatic hydroxyl groups excluding tert-OH is 1. The van der Waals surface area contributed by atoms with Crippen molar-refractivity contribution in [2.75, 3.05) is 18.9 Å². The fourth-order valence-corrected chi connectivity index (χ4v) is 5.40. The van der Waals surface area contributed by atoms with E-state index in [1.165, 1.54) is 17.3 Å². The lowest BCUT2D eigenvalue weighted by Crippen LogP contribution is -2.45. The fourth-order valence-electron chi connectivity index (χ4n) is 5.40. The molecule has 2 aromatic heterocycles. The number of aliphatic imine (C=N–C) groups is 1. The second kappa shape index (κ2) is 11.6. The Morgan fingerprint density at radius 2 is 2.05 bits per heavy atom. The van der Waals surface area contributed by atoms with Gasteiger partial charge in [-0.1, -0.05) is 33.1 Å². The lowest BCUT2D eigenvalue weighted by atomic mass is 9.87. The molecule has 3 heterocycles. The number of ether oxygens (including phenoxy) is 3. The van der Waals surface area contributed by atoms with Gasteiger partial charge in [0.1, 0.15) is 30.7 Å². The third kappa shape index (κ3) is 5.77. The van der Waals surface area contributed by atoms with Crippen LogP contribution in [-0.4, -0.2) is 69.8 Å². The van der Waals surface area contributed by atoms with Gasteiger partial charge in [-0.15, -0.1) is 0 Å². The quantitative estimate of drug-likeness (QED) is 0.359. The lowest BCUT2D eigenvalue weighted by molar-refractivity contribution is -0.161. The zero-order chi connectivity index (χ0) is 26.6. The predicted octanol–water partition coefficient (Wildman–Crippen LogP) is 2.44. The van der Waals surface area contributed by atoms with Gasteiger partial charge < -0.3 is 25.1 Å². The van der Waals surface area contributed by atoms with E-state index in [9.17, 15) is 14.7 Å². The van der Waals surface area contributed by atoms with E-state index < -0.39 is 29.9 Å². The molecule has 2 aliphatic rings. The first kappa shape index (κ1) is 27.0. The number of nitrogen functional groups attached to an aromatic ring is 1. The summed E-state index contributed by atoms with van der Waals surface area (Å²) < 4.78 is 19.2. The van der Waals surface area contributed by atoms with Crippen LogP contribution in [0.1, 0.15) is 64.5 Å². The third-order valence-corrected chi connectivity index (χ3v) is 7.21. The number of esters is 2. The SMILES string of the molecule is C=NC[C@@]1(c2ccc3c(N)ncnn23)O[C@H](COC(=O)CC2CCCCC2)[C@@H](OC(=O)CC(C)C)[C@H]1O. The van der Waals surface area contributed by atoms with Crippen LogP contribution < -0.4 is 5.73 Å². The topological polar surface area (TPSA) is 151 Å². The van der Waals surface area contributed by atoms with Gasteiger partial charge in [-0.2, -0.15) is 5.10 Å². The Morgan fingerprint density at radius 1 is 1.30 bits per heavy atom. The Hall–Kier alpha value is -3.05. The van der Waals surface area contributed by atoms with Crippen molar-refractivity contribution in [1.29, 1.82) is 0 Å². The summed E-state index contributed by atoms with van der Waals surface area (Å²) in [6.07, 6.45) is 3.93. The number of aliphatic hydroxyl groups is 1. The van der Waals surface area contributed by atoms with E-state index in [1.807, 2.05) is 13.8 Å². The van der Waals surface area contributed by atoms with Crippen molar-refractivity contribution in [1.82, 2.24) is 14.6 Å². The molecule has 1 aliphatic carbocycles. The summed E-state index contributed by atoms with van der Waals surface area (Å²) in [4.78, 5) is 33.3. The molecular weight excluding hydrogens is 478 g/mol. The van der Waals surface area contributed by atoms with Crippen LogP contribution in [-0.2, 0) is 29.4 Å². The second-order valence-electron chi connectivity index (χ2n) is 10.5. The number of anilines is 1. The highest BCUT2D eigenvalue weighted by molar-refractivity contribution is 5.70. The molecule has 2 aromatic rings. The summed E-state index contributed by atoms with van der Waals surface area (Å²) in [5, 5.41) is 15.9. The van der Waals surface area contributed by atoms with Crippen LogP contribution in [0.4, 0.5) is 5.82 Å². The Labute approximate surface area is 216 Å². The van der Waals surface area contributed by atoms with Gasteiger partial charge in [0, 0.05) is 12.8 Å². The van der Waals surface area contributed by atoms with Gasteiger partial charge in [-0.3, -0.25) is 14.6 Å². The number of aromatic nitrogens is 3. The Bertz CT molecular complexity index is 1110. The van der Waals surface area contributed by atoms with E-state index in [-0.39, 0.29) is 37.3 Å². The normalized spacial score (nSPS) is 26.4. The third-order valence-electron chi connectivity index (χ3n) is 7.21. The molecule has 1 aliphatic heterocycles. The highest BCUT2D eigenvalue weighted by Crippen LogP contribution is 2.42. The molecule has 202 valence electrons. The Kier molecular flexibility index (Phi) is 8.43. The Morgan fingerprint density at radius 3 is 2.76 bits per heavy atom. The highest BCUT2D eigenvalue weighted by atomic mass is 16.6. The summed E-state index contributed by atoms with van der Waals surface area (Å²) in [6.45, 7) is 7.16. The number of nitrogens with two attached hydrogens (primary N) is 1. The van der Waals surface area contributed by atoms with Gasteiger partial charge in [0.15, 0.2) is 17.5 Å². The molecule has 11 heteroatoms. The maximum absolute atomic E-state index is 12.6. The van der Waals surface area contributed by atoms with Crippen LogP contribution >= 0.6 is 0 Å². The summed E-state index contributed by atoms with van der Waals surface area (Å²) in [5.41, 5.74) is 5.50. The van der Waals surface area contributed by atoms with Crippen LogP contribution in [0.15, 0.2) is 23.5 Å². The average Bonchev–Trinajstić information content (AvgIpc) is 3.40. The zero-order valence-corrected chi connectivity index (χ0v) is 21.5. The van der Waals surface area contributed by atoms with E-state index in [4.69, 9.17) is 19.9 Å². The van der Waals surface area contributed by atoms with Gasteiger partial charge in [-0.05, 0) is 43.5 Å². The number of nitrogens with zero attached hydrogens (tertiary/aromatic N) is 4. The van der Waals surface area contributed by atoms with E-state index in [0.717, 1.165) is 25.7 Å². The summed E-state index contributed by atoms with van der Waals surface area (Å²) >= 11 is 0. The molecule has 0 aromatic carbocycles. The molecule has 1 saturated carbocycles. The highest BCUT2D eigenvalue weighted by Gasteiger charge is 2.59. The smallest absolute Gasteiger partial charge is 0.306 e. The van der Waals surface area contributed by atoms with E-state index in [2.05, 4.69) is 21.8 Å². The molecular formula is C26H37N5O6. The first-order valence-corrected chi connectivity index (χ1v) is 13.0. The molecule has 1 saturated heterocycles. The molecule has 2 fully saturated rings. The van der Waals surface area contributed by atoms with Crippen molar-refractivity contribution in [3.05, 3.63) is 24.2 Å². The molecule has 0 unspecified atom stereocenters. The summed E-state index contributed by atoms with van der Waals surface area (Å²) in [6, 6.07) is 3.42. The first-order chi connectivity index (χ1) is 17.7. The molecule has 0 spiro atoms. The maximum atomic E-state index is 12.6. The van der Waals surface area contributed by atoms with Crippen LogP contribution in [0.5, 0.6) is 0 Å². The standard InChI is InChI=1S/C26H37N5O6/c1-16(2)11-22(33)36-23-19(13-35-21(32)12-17-7-5-4-6-8-17)37-26(14-28-3,24(23)34)20-10-9-18-25(27)29-15-30-31(18)20/h9-10,15-17,19,23-24,34H,3-8,11-14H2,1-2H3,(H2,27,29,30)/t19-,23-,24-,26+/m1/s1. The number of fused-ring (bicyclic) bond motifs is 1. The van der Waals surface area contributed by atoms with E-state index >= 15 is 0 Å². The van der Waals surface area contributed by atoms with E-state index in [1.54, 1.807) is 12.1 Å². The van der Waals surface area contributed by atoms with E-state index in [0.29, 0.717) is 23.5 Å². The minimum absolute atomic E-state index is 0.0606. The maximum Gasteiger partial charge on any atom is 0.306 e. The molecule has 3 N–H and O–H groups in total. The van der Waals surface area contributed by atoms with Crippen molar-refractivity contribution in [3.8, 4) is 0 Å². The molecule has 11 nitrogen and oxygen atoms in total. The minimum Gasteiger partial charge on any atom is -0.463 e. The van der Waals surface area contributed by atoms with Crippen molar-refractivity contribution in [3.63, 3.8) is 0 Å². The number of rotatable bonds is 10. The predicted molar refractivity (Wildman–Crippen MR) is 136 cm³/mol. The number of carbonyl (C=O) groups excluding carboxylic acids is 2. The van der Waals surface area contributed by atoms with Gasteiger partial charge >= 0.3 is 11.9 Å². The largest absolute Gasteiger partial charge is 0.463 e. The van der Waals surface area contributed by atoms with Gasteiger partial charge in [0.2, 0.25) is 0 Å². The number of hydrogen-bond acceptors (Lipinski definition) is 10. The molecule has 0 amide bonds. The fraction of sp³-hybridized carbons (Fsp3) is 0.654. The average molecular weight is 516 g/mol. The second-order valence-corrected chi connectivity index (χ2v) is 10.5. The number of hydrogen-bond donors (Lipinski definition) is 2. The van der Waals surface area contributed by atoms with Crippen LogP contribution in [0.3, 0.4) is 0 Å². The van der Waals surface area contributed by atoms with Crippen molar-refractivity contribution in [2.24, 2.45) is 16.8 Å². The molecule has 0 radical (unpaired) electrons. The van der Waals surface area contributed by atoms with Crippen LogP contribution in [0.25, 0.3) is 5.52 Å². The summed E-state index contributed by atoms with van der Waals surface area (Å²) in [7, 11) is 0. The van der Waals surface area contributed by atoms with Gasteiger partial charge in [0.25, 0.3) is 0 Å². The molecule has 4 atom stereocenters. The Balaban J connectivity index is 1.60. The molecule has 37 heavy (non-hydrogen) atoms. The van der Waals surface area contributed by atoms with Crippen LogP contribution in [0, 0.1) is 11.8 Å². The van der Waals surface area contributed by atoms with Crippen LogP contribution in [0.2, 0.25) is 0 Å². The summed E-state index contributed by atoms with van der Waals surface area (Å²) in [5.74, 6) is -0.172. The monoisotopic (exact) mass is 515 g/mol.